The molecule has 288 valence electrons. The quantitative estimate of drug-likeness (QED) is 0.187. The molecule has 9 aliphatic rings. The molecule has 11 rings (SSSR count). The van der Waals surface area contributed by atoms with E-state index < -0.39 is 16.4 Å². The van der Waals surface area contributed by atoms with Crippen LogP contribution in [0, 0.1) is 56.7 Å². The molecule has 1 unspecified atom stereocenters. The molecular formula is C48H62N2O4. The number of hydrogen-bond acceptors (Lipinski definition) is 4. The number of Topliss-reactive ketones (excluding diaryl/α,β-unsaturated/α-hetero) is 1. The monoisotopic (exact) mass is 730 g/mol. The predicted octanol–water partition coefficient (Wildman–Crippen LogP) is 9.31. The lowest BCUT2D eigenvalue weighted by molar-refractivity contribution is -0.176. The zero-order valence-electron chi connectivity index (χ0n) is 33.2. The molecule has 4 bridgehead atoms. The van der Waals surface area contributed by atoms with Crippen molar-refractivity contribution in [1.82, 2.24) is 10.2 Å². The number of hydrogen-bond donors (Lipinski definition) is 3. The Balaban J connectivity index is 1.08. The lowest BCUT2D eigenvalue weighted by Crippen LogP contribution is -2.67. The molecule has 12 atom stereocenters. The fourth-order valence-corrected chi connectivity index (χ4v) is 14.4. The van der Waals surface area contributed by atoms with Gasteiger partial charge in [0.2, 0.25) is 0 Å². The van der Waals surface area contributed by atoms with Crippen LogP contribution >= 0.6 is 0 Å². The number of amides is 2. The number of carbonyl (C=O) groups is 2. The van der Waals surface area contributed by atoms with E-state index in [4.69, 9.17) is 0 Å². The second kappa shape index (κ2) is 12.4. The summed E-state index contributed by atoms with van der Waals surface area (Å²) in [6.07, 6.45) is 15.8. The van der Waals surface area contributed by atoms with Gasteiger partial charge in [0.15, 0.2) is 5.78 Å². The fourth-order valence-electron chi connectivity index (χ4n) is 14.4. The molecule has 2 amide bonds. The molecule has 0 aromatic heterocycles. The van der Waals surface area contributed by atoms with Crippen LogP contribution in [-0.2, 0) is 0 Å². The van der Waals surface area contributed by atoms with Gasteiger partial charge in [0.1, 0.15) is 0 Å². The molecule has 0 heterocycles. The first kappa shape index (κ1) is 36.4. The molecule has 0 radical (unpaired) electrons. The summed E-state index contributed by atoms with van der Waals surface area (Å²) in [7, 11) is 0. The second-order valence-electron chi connectivity index (χ2n) is 20.2. The van der Waals surface area contributed by atoms with E-state index in [1.165, 1.54) is 12.8 Å². The average Bonchev–Trinajstić information content (AvgIpc) is 3.44. The number of urea groups is 1. The number of aliphatic hydroxyl groups excluding tert-OH is 1. The summed E-state index contributed by atoms with van der Waals surface area (Å²) in [5.41, 5.74) is 0.357. The van der Waals surface area contributed by atoms with Crippen LogP contribution in [0.4, 0.5) is 4.79 Å². The molecular weight excluding hydrogens is 669 g/mol. The van der Waals surface area contributed by atoms with Gasteiger partial charge >= 0.3 is 6.03 Å². The van der Waals surface area contributed by atoms with Gasteiger partial charge in [0, 0.05) is 33.9 Å². The highest BCUT2D eigenvalue weighted by molar-refractivity contribution is 6.10. The van der Waals surface area contributed by atoms with Gasteiger partial charge in [-0.05, 0) is 117 Å². The van der Waals surface area contributed by atoms with Gasteiger partial charge < -0.3 is 20.4 Å². The van der Waals surface area contributed by atoms with Gasteiger partial charge in [-0.15, -0.1) is 0 Å². The summed E-state index contributed by atoms with van der Waals surface area (Å²) in [5.74, 6) is 2.15. The Hall–Kier alpha value is -3.22. The third kappa shape index (κ3) is 4.96. The van der Waals surface area contributed by atoms with Crippen molar-refractivity contribution in [2.75, 3.05) is 13.1 Å². The van der Waals surface area contributed by atoms with Crippen molar-refractivity contribution < 1.29 is 19.8 Å². The molecule has 6 saturated carbocycles. The Bertz CT molecular complexity index is 1870. The van der Waals surface area contributed by atoms with Crippen molar-refractivity contribution in [3.05, 3.63) is 95.6 Å². The second-order valence-corrected chi connectivity index (χ2v) is 20.2. The zero-order valence-corrected chi connectivity index (χ0v) is 33.2. The van der Waals surface area contributed by atoms with Crippen LogP contribution in [0.2, 0.25) is 0 Å². The topological polar surface area (TPSA) is 89.9 Å². The Kier molecular flexibility index (Phi) is 8.36. The number of ketones is 1. The first-order valence-corrected chi connectivity index (χ1v) is 21.2. The minimum absolute atomic E-state index is 0.0417. The smallest absolute Gasteiger partial charge is 0.317 e. The number of rotatable bonds is 8. The molecule has 2 aromatic rings. The van der Waals surface area contributed by atoms with Crippen molar-refractivity contribution in [2.24, 2.45) is 56.7 Å². The minimum atomic E-state index is -1.11. The molecule has 0 aliphatic heterocycles. The number of fused-ring (bicyclic) bond motifs is 3. The highest BCUT2D eigenvalue weighted by Gasteiger charge is 2.74. The standard InChI is InChI=1S/C48H62N2O4/c1-31(32-12-8-6-9-13-32)49-42(53)50(29-34-16-17-35-26-37(34)43(35,2)3)30-47(54)23-20-40-45(47,5)22-19-39-44(4)21-18-36(51)27-46(44)24-25-48(39,40)38(28-46)41(52)33-14-10-7-11-15-33/h6-15,24-25,28,31,34-37,39-40,51,54H,16-23,26-27,29-30H2,1-5H3,(H,49,53)/t31-,34+,35+,36?,37+,39-,40-,44-,45+,46+,47-,48-/m1/s1. The molecule has 54 heavy (non-hydrogen) atoms. The molecule has 0 saturated heterocycles. The Morgan fingerprint density at radius 3 is 2.22 bits per heavy atom. The van der Waals surface area contributed by atoms with E-state index in [-0.39, 0.29) is 46.6 Å². The number of carbonyl (C=O) groups excluding carboxylic acids is 2. The zero-order chi connectivity index (χ0) is 37.9. The minimum Gasteiger partial charge on any atom is -0.393 e. The Morgan fingerprint density at radius 1 is 0.852 bits per heavy atom. The summed E-state index contributed by atoms with van der Waals surface area (Å²) in [5, 5.41) is 27.7. The summed E-state index contributed by atoms with van der Waals surface area (Å²) in [6, 6.07) is 19.6. The highest BCUT2D eigenvalue weighted by Crippen LogP contribution is 2.78. The van der Waals surface area contributed by atoms with E-state index >= 15 is 0 Å². The summed E-state index contributed by atoms with van der Waals surface area (Å²) >= 11 is 0. The van der Waals surface area contributed by atoms with Crippen LogP contribution in [-0.4, -0.2) is 51.7 Å². The van der Waals surface area contributed by atoms with Crippen LogP contribution in [0.25, 0.3) is 0 Å². The van der Waals surface area contributed by atoms with Crippen molar-refractivity contribution in [2.45, 2.75) is 117 Å². The third-order valence-electron chi connectivity index (χ3n) is 17.8. The van der Waals surface area contributed by atoms with E-state index in [1.807, 2.05) is 53.4 Å². The number of nitrogens with zero attached hydrogens (tertiary/aromatic N) is 1. The van der Waals surface area contributed by atoms with Crippen LogP contribution in [0.15, 0.2) is 84.5 Å². The lowest BCUT2D eigenvalue weighted by Gasteiger charge is -2.71. The van der Waals surface area contributed by atoms with Gasteiger partial charge in [-0.1, -0.05) is 107 Å². The van der Waals surface area contributed by atoms with Gasteiger partial charge in [0.25, 0.3) is 0 Å². The normalized spacial score (nSPS) is 42.8. The first-order chi connectivity index (χ1) is 25.7. The summed E-state index contributed by atoms with van der Waals surface area (Å²) < 4.78 is 0. The highest BCUT2D eigenvalue weighted by atomic mass is 16.3. The van der Waals surface area contributed by atoms with Gasteiger partial charge in [-0.2, -0.15) is 0 Å². The predicted molar refractivity (Wildman–Crippen MR) is 212 cm³/mol. The van der Waals surface area contributed by atoms with E-state index in [0.717, 1.165) is 55.6 Å². The number of nitrogens with one attached hydrogen (secondary N) is 1. The number of allylic oxidation sites excluding steroid dienone is 4. The lowest BCUT2D eigenvalue weighted by atomic mass is 9.32. The van der Waals surface area contributed by atoms with Crippen molar-refractivity contribution >= 4 is 11.8 Å². The SMILES string of the molecule is C[C@@H](NC(=O)N(C[C@@H]1CC[C@H]2C[C@@H]1C2(C)C)C[C@]1(O)CC[C@H]2[C@]34C=C[C@@]5(C=C3C(=O)c3ccccc3)CC(O)CC[C@]5(C)[C@H]4CC[C@@]21C)c1ccccc1. The maximum absolute atomic E-state index is 14.9. The van der Waals surface area contributed by atoms with Crippen molar-refractivity contribution in [1.29, 1.82) is 0 Å². The maximum Gasteiger partial charge on any atom is 0.317 e. The Labute approximate surface area is 322 Å². The molecule has 2 spiro atoms. The average molecular weight is 731 g/mol. The summed E-state index contributed by atoms with van der Waals surface area (Å²) in [4.78, 5) is 31.4. The van der Waals surface area contributed by atoms with E-state index in [0.29, 0.717) is 48.7 Å². The molecule has 2 aromatic carbocycles. The van der Waals surface area contributed by atoms with E-state index in [1.54, 1.807) is 0 Å². The fraction of sp³-hybridized carbons (Fsp3) is 0.625. The maximum atomic E-state index is 14.9. The van der Waals surface area contributed by atoms with Gasteiger partial charge in [-0.3, -0.25) is 4.79 Å². The molecule has 3 N–H and O–H groups in total. The van der Waals surface area contributed by atoms with Crippen LogP contribution in [0.3, 0.4) is 0 Å². The molecule has 6 nitrogen and oxygen atoms in total. The number of aliphatic hydroxyl groups is 2. The number of benzene rings is 2. The third-order valence-corrected chi connectivity index (χ3v) is 17.8. The molecule has 6 fully saturated rings. The van der Waals surface area contributed by atoms with Crippen LogP contribution < -0.4 is 5.32 Å². The summed E-state index contributed by atoms with van der Waals surface area (Å²) in [6.45, 7) is 12.6. The molecule has 9 aliphatic carbocycles. The van der Waals surface area contributed by atoms with E-state index in [9.17, 15) is 19.8 Å². The molecule has 6 heteroatoms. The largest absolute Gasteiger partial charge is 0.393 e. The van der Waals surface area contributed by atoms with Crippen molar-refractivity contribution in [3.63, 3.8) is 0 Å². The first-order valence-electron chi connectivity index (χ1n) is 21.2. The van der Waals surface area contributed by atoms with Crippen LogP contribution in [0.5, 0.6) is 0 Å². The van der Waals surface area contributed by atoms with Crippen LogP contribution in [0.1, 0.15) is 121 Å². The Morgan fingerprint density at radius 2 is 1.52 bits per heavy atom. The van der Waals surface area contributed by atoms with Gasteiger partial charge in [-0.25, -0.2) is 4.79 Å². The van der Waals surface area contributed by atoms with Crippen molar-refractivity contribution in [3.8, 4) is 0 Å². The van der Waals surface area contributed by atoms with E-state index in [2.05, 4.69) is 70.3 Å². The van der Waals surface area contributed by atoms with Gasteiger partial charge in [0.05, 0.1) is 24.3 Å².